The predicted octanol–water partition coefficient (Wildman–Crippen LogP) is 2.34. The van der Waals surface area contributed by atoms with Crippen LogP contribution in [-0.4, -0.2) is 5.97 Å². The molecule has 2 aromatic rings. The minimum Gasteiger partial charge on any atom is -0.423 e. The Morgan fingerprint density at radius 1 is 1.24 bits per heavy atom. The van der Waals surface area contributed by atoms with Crippen LogP contribution in [0.3, 0.4) is 0 Å². The van der Waals surface area contributed by atoms with Crippen LogP contribution in [0, 0.1) is 13.8 Å². The van der Waals surface area contributed by atoms with Gasteiger partial charge in [-0.2, -0.15) is 0 Å². The second kappa shape index (κ2) is 4.05. The molecule has 1 heterocycles. The van der Waals surface area contributed by atoms with Gasteiger partial charge in [-0.25, -0.2) is 4.79 Å². The quantitative estimate of drug-likeness (QED) is 0.430. The number of ether oxygens (including phenoxy) is 1. The van der Waals surface area contributed by atoms with Crippen LogP contribution >= 0.6 is 0 Å². The lowest BCUT2D eigenvalue weighted by Gasteiger charge is -2.07. The van der Waals surface area contributed by atoms with Crippen molar-refractivity contribution in [1.82, 2.24) is 0 Å². The maximum Gasteiger partial charge on any atom is 0.339 e. The molecule has 88 valence electrons. The zero-order valence-electron chi connectivity index (χ0n) is 9.87. The van der Waals surface area contributed by atoms with Crippen LogP contribution in [0.2, 0.25) is 0 Å². The van der Waals surface area contributed by atoms with Crippen LogP contribution in [0.1, 0.15) is 18.1 Å². The molecule has 0 fully saturated rings. The first-order valence-electron chi connectivity index (χ1n) is 5.21. The molecule has 0 aliphatic carbocycles. The van der Waals surface area contributed by atoms with Crippen molar-refractivity contribution < 1.29 is 13.9 Å². The van der Waals surface area contributed by atoms with Crippen LogP contribution in [0.15, 0.2) is 27.4 Å². The summed E-state index contributed by atoms with van der Waals surface area (Å²) in [6.45, 7) is 4.89. The Balaban J connectivity index is 2.79. The Bertz CT molecular complexity index is 652. The van der Waals surface area contributed by atoms with Crippen LogP contribution in [0.4, 0.5) is 0 Å². The molecule has 0 N–H and O–H groups in total. The first-order valence-corrected chi connectivity index (χ1v) is 5.21. The van der Waals surface area contributed by atoms with Gasteiger partial charge in [-0.3, -0.25) is 4.79 Å². The highest BCUT2D eigenvalue weighted by Gasteiger charge is 2.11. The third-order valence-electron chi connectivity index (χ3n) is 2.51. The molecular formula is C13H12O4. The highest BCUT2D eigenvalue weighted by atomic mass is 16.5. The molecule has 4 nitrogen and oxygen atoms in total. The average Bonchev–Trinajstić information content (AvgIpc) is 2.25. The van der Waals surface area contributed by atoms with E-state index in [1.807, 2.05) is 13.0 Å². The lowest BCUT2D eigenvalue weighted by atomic mass is 10.1. The molecular weight excluding hydrogens is 220 g/mol. The summed E-state index contributed by atoms with van der Waals surface area (Å²) in [5, 5.41) is 0.779. The zero-order valence-corrected chi connectivity index (χ0v) is 9.87. The van der Waals surface area contributed by atoms with Gasteiger partial charge in [0.1, 0.15) is 0 Å². The maximum atomic E-state index is 11.5. The number of hydrogen-bond acceptors (Lipinski definition) is 4. The summed E-state index contributed by atoms with van der Waals surface area (Å²) in [5.41, 5.74) is 1.38. The number of fused-ring (bicyclic) bond motifs is 1. The Labute approximate surface area is 97.8 Å². The van der Waals surface area contributed by atoms with Crippen LogP contribution in [-0.2, 0) is 4.79 Å². The highest BCUT2D eigenvalue weighted by molar-refractivity contribution is 5.87. The smallest absolute Gasteiger partial charge is 0.339 e. The van der Waals surface area contributed by atoms with Crippen LogP contribution in [0.25, 0.3) is 11.0 Å². The van der Waals surface area contributed by atoms with Gasteiger partial charge < -0.3 is 9.15 Å². The van der Waals surface area contributed by atoms with Crippen molar-refractivity contribution in [2.24, 2.45) is 0 Å². The lowest BCUT2D eigenvalue weighted by Crippen LogP contribution is -2.06. The normalized spacial score (nSPS) is 10.5. The molecule has 0 atom stereocenters. The summed E-state index contributed by atoms with van der Waals surface area (Å²) in [4.78, 5) is 22.4. The summed E-state index contributed by atoms with van der Waals surface area (Å²) in [5.74, 6) is -0.173. The van der Waals surface area contributed by atoms with Crippen molar-refractivity contribution in [1.29, 1.82) is 0 Å². The number of benzene rings is 1. The standard InChI is InChI=1S/C13H12O4/c1-7-4-5-11(16-9(3)14)12-10(7)6-8(2)13(15)17-12/h4-6H,1-3H3. The molecule has 0 amide bonds. The number of aryl methyl sites for hydroxylation is 2. The Hall–Kier alpha value is -2.10. The van der Waals surface area contributed by atoms with Gasteiger partial charge in [-0.05, 0) is 31.5 Å². The van der Waals surface area contributed by atoms with E-state index in [9.17, 15) is 9.59 Å². The molecule has 17 heavy (non-hydrogen) atoms. The third kappa shape index (κ3) is 2.06. The van der Waals surface area contributed by atoms with E-state index in [1.54, 1.807) is 19.1 Å². The SMILES string of the molecule is CC(=O)Oc1ccc(C)c2cc(C)c(=O)oc12. The average molecular weight is 232 g/mol. The van der Waals surface area contributed by atoms with E-state index in [0.717, 1.165) is 10.9 Å². The van der Waals surface area contributed by atoms with E-state index in [4.69, 9.17) is 9.15 Å². The second-order valence-electron chi connectivity index (χ2n) is 3.93. The molecule has 1 aromatic carbocycles. The van der Waals surface area contributed by atoms with Crippen molar-refractivity contribution in [3.05, 3.63) is 39.7 Å². The summed E-state index contributed by atoms with van der Waals surface area (Å²) < 4.78 is 10.2. The molecule has 0 spiro atoms. The first-order chi connectivity index (χ1) is 7.99. The van der Waals surface area contributed by atoms with Crippen molar-refractivity contribution >= 4 is 16.9 Å². The Morgan fingerprint density at radius 2 is 1.94 bits per heavy atom. The van der Waals surface area contributed by atoms with Crippen LogP contribution in [0.5, 0.6) is 5.75 Å². The topological polar surface area (TPSA) is 56.5 Å². The summed E-state index contributed by atoms with van der Waals surface area (Å²) >= 11 is 0. The van der Waals surface area contributed by atoms with Gasteiger partial charge >= 0.3 is 11.6 Å². The van der Waals surface area contributed by atoms with Gasteiger partial charge in [0.15, 0.2) is 11.3 Å². The van der Waals surface area contributed by atoms with Crippen molar-refractivity contribution in [3.63, 3.8) is 0 Å². The fourth-order valence-corrected chi connectivity index (χ4v) is 1.65. The molecule has 1 aromatic heterocycles. The molecule has 0 saturated heterocycles. The molecule has 0 saturated carbocycles. The van der Waals surface area contributed by atoms with Crippen molar-refractivity contribution in [3.8, 4) is 5.75 Å². The van der Waals surface area contributed by atoms with Gasteiger partial charge in [0.2, 0.25) is 0 Å². The summed E-state index contributed by atoms with van der Waals surface area (Å²) in [7, 11) is 0. The van der Waals surface area contributed by atoms with Gasteiger partial charge in [-0.15, -0.1) is 0 Å². The second-order valence-corrected chi connectivity index (χ2v) is 3.93. The van der Waals surface area contributed by atoms with Crippen LogP contribution < -0.4 is 10.4 Å². The summed E-state index contributed by atoms with van der Waals surface area (Å²) in [6, 6.07) is 5.18. The van der Waals surface area contributed by atoms with Gasteiger partial charge in [0.05, 0.1) is 0 Å². The van der Waals surface area contributed by atoms with Gasteiger partial charge in [0, 0.05) is 17.9 Å². The minimum absolute atomic E-state index is 0.273. The number of carbonyl (C=O) groups excluding carboxylic acids is 1. The summed E-state index contributed by atoms with van der Waals surface area (Å²) in [6.07, 6.45) is 0. The Morgan fingerprint density at radius 3 is 2.59 bits per heavy atom. The molecule has 0 aliphatic heterocycles. The van der Waals surface area contributed by atoms with Crippen molar-refractivity contribution in [2.45, 2.75) is 20.8 Å². The molecule has 0 unspecified atom stereocenters. The van der Waals surface area contributed by atoms with E-state index in [0.29, 0.717) is 11.1 Å². The van der Waals surface area contributed by atoms with E-state index in [-0.39, 0.29) is 5.75 Å². The first kappa shape index (κ1) is 11.4. The lowest BCUT2D eigenvalue weighted by molar-refractivity contribution is -0.131. The van der Waals surface area contributed by atoms with E-state index >= 15 is 0 Å². The number of carbonyl (C=O) groups is 1. The molecule has 2 rings (SSSR count). The fraction of sp³-hybridized carbons (Fsp3) is 0.231. The number of esters is 1. The number of rotatable bonds is 1. The van der Waals surface area contributed by atoms with E-state index < -0.39 is 11.6 Å². The monoisotopic (exact) mass is 232 g/mol. The Kier molecular flexibility index (Phi) is 2.71. The predicted molar refractivity (Wildman–Crippen MR) is 63.3 cm³/mol. The van der Waals surface area contributed by atoms with E-state index in [2.05, 4.69) is 0 Å². The highest BCUT2D eigenvalue weighted by Crippen LogP contribution is 2.27. The van der Waals surface area contributed by atoms with E-state index in [1.165, 1.54) is 6.92 Å². The molecule has 0 bridgehead atoms. The maximum absolute atomic E-state index is 11.5. The molecule has 0 aliphatic rings. The number of hydrogen-bond donors (Lipinski definition) is 0. The largest absolute Gasteiger partial charge is 0.423 e. The molecule has 0 radical (unpaired) electrons. The third-order valence-corrected chi connectivity index (χ3v) is 2.51. The minimum atomic E-state index is -0.446. The van der Waals surface area contributed by atoms with Gasteiger partial charge in [0.25, 0.3) is 0 Å². The zero-order chi connectivity index (χ0) is 12.6. The van der Waals surface area contributed by atoms with Crippen molar-refractivity contribution in [2.75, 3.05) is 0 Å². The van der Waals surface area contributed by atoms with Gasteiger partial charge in [-0.1, -0.05) is 6.07 Å². The fourth-order valence-electron chi connectivity index (χ4n) is 1.65. The molecule has 4 heteroatoms.